The molecule has 1 aromatic carbocycles. The minimum atomic E-state index is -2.09. The number of thiophene rings is 1. The van der Waals surface area contributed by atoms with Gasteiger partial charge in [-0.25, -0.2) is 0 Å². The monoisotopic (exact) mass is 332 g/mol. The van der Waals surface area contributed by atoms with E-state index in [0.717, 1.165) is 6.07 Å². The Morgan fingerprint density at radius 3 is 2.78 bits per heavy atom. The van der Waals surface area contributed by atoms with Crippen LogP contribution in [-0.4, -0.2) is 28.8 Å². The van der Waals surface area contributed by atoms with Crippen molar-refractivity contribution in [1.82, 2.24) is 0 Å². The van der Waals surface area contributed by atoms with Crippen LogP contribution in [-0.2, 0) is 10.4 Å². The van der Waals surface area contributed by atoms with E-state index in [1.54, 1.807) is 17.5 Å². The first-order chi connectivity index (χ1) is 10.8. The van der Waals surface area contributed by atoms with Gasteiger partial charge in [-0.05, 0) is 17.5 Å². The molecule has 1 N–H and O–H groups in total. The van der Waals surface area contributed by atoms with Gasteiger partial charge in [0.2, 0.25) is 0 Å². The van der Waals surface area contributed by atoms with E-state index in [9.17, 15) is 24.8 Å². The number of hydrogen-bond donors (Lipinski definition) is 1. The Hall–Kier alpha value is -2.58. The molecule has 0 unspecified atom stereocenters. The van der Waals surface area contributed by atoms with Crippen molar-refractivity contribution in [2.45, 2.75) is 12.0 Å². The number of anilines is 1. The number of Topliss-reactive ketones (excluding diaryl/α,β-unsaturated/α-hetero) is 1. The van der Waals surface area contributed by atoms with Gasteiger partial charge in [0.15, 0.2) is 11.4 Å². The molecular weight excluding hydrogens is 320 g/mol. The fourth-order valence-electron chi connectivity index (χ4n) is 2.69. The zero-order chi connectivity index (χ0) is 16.8. The number of likely N-dealkylation sites (N-methyl/N-ethyl adjacent to an activating group) is 1. The summed E-state index contributed by atoms with van der Waals surface area (Å²) in [5.74, 6) is -1.05. The first-order valence-corrected chi connectivity index (χ1v) is 7.58. The molecule has 2 aromatic rings. The molecule has 1 amide bonds. The molecule has 1 aliphatic rings. The number of aliphatic hydroxyl groups is 1. The van der Waals surface area contributed by atoms with Gasteiger partial charge in [0.05, 0.1) is 21.9 Å². The summed E-state index contributed by atoms with van der Waals surface area (Å²) in [5, 5.41) is 23.5. The molecule has 0 saturated carbocycles. The van der Waals surface area contributed by atoms with Crippen LogP contribution >= 0.6 is 11.3 Å². The second-order valence-electron chi connectivity index (χ2n) is 5.26. The highest BCUT2D eigenvalue weighted by atomic mass is 32.1. The SMILES string of the molecule is CN1C(=O)[C@](O)(CC(=O)c2cccs2)c2cc([N+](=O)[O-])ccc21. The number of fused-ring (bicyclic) bond motifs is 1. The van der Waals surface area contributed by atoms with Crippen LogP contribution in [0.5, 0.6) is 0 Å². The first-order valence-electron chi connectivity index (χ1n) is 6.71. The lowest BCUT2D eigenvalue weighted by molar-refractivity contribution is -0.385. The van der Waals surface area contributed by atoms with E-state index in [4.69, 9.17) is 0 Å². The molecule has 23 heavy (non-hydrogen) atoms. The predicted octanol–water partition coefficient (Wildman–Crippen LogP) is 2.09. The standard InChI is InChI=1S/C15H12N2O5S/c1-16-11-5-4-9(17(21)22)7-10(11)15(20,14(16)19)8-12(18)13-3-2-6-23-13/h2-7,20H,8H2,1H3/t15-/m0/s1. The number of benzene rings is 1. The van der Waals surface area contributed by atoms with Crippen molar-refractivity contribution in [1.29, 1.82) is 0 Å². The zero-order valence-corrected chi connectivity index (χ0v) is 12.9. The van der Waals surface area contributed by atoms with Crippen LogP contribution in [0.2, 0.25) is 0 Å². The number of non-ortho nitro benzene ring substituents is 1. The van der Waals surface area contributed by atoms with E-state index in [1.807, 2.05) is 0 Å². The van der Waals surface area contributed by atoms with Crippen LogP contribution in [0.25, 0.3) is 0 Å². The normalized spacial score (nSPS) is 19.7. The fraction of sp³-hybridized carbons (Fsp3) is 0.200. The second kappa shape index (κ2) is 5.25. The third kappa shape index (κ3) is 2.32. The minimum absolute atomic E-state index is 0.0871. The second-order valence-corrected chi connectivity index (χ2v) is 6.21. The summed E-state index contributed by atoms with van der Waals surface area (Å²) < 4.78 is 0. The lowest BCUT2D eigenvalue weighted by atomic mass is 9.89. The van der Waals surface area contributed by atoms with Crippen LogP contribution in [0.3, 0.4) is 0 Å². The maximum absolute atomic E-state index is 12.4. The lowest BCUT2D eigenvalue weighted by Crippen LogP contribution is -2.40. The summed E-state index contributed by atoms with van der Waals surface area (Å²) in [6.45, 7) is 0. The molecule has 2 heterocycles. The van der Waals surface area contributed by atoms with Crippen LogP contribution in [0.4, 0.5) is 11.4 Å². The van der Waals surface area contributed by atoms with Crippen molar-refractivity contribution in [2.75, 3.05) is 11.9 Å². The Balaban J connectivity index is 2.05. The van der Waals surface area contributed by atoms with Crippen molar-refractivity contribution in [3.63, 3.8) is 0 Å². The van der Waals surface area contributed by atoms with Crippen LogP contribution in [0, 0.1) is 10.1 Å². The van der Waals surface area contributed by atoms with Gasteiger partial charge in [-0.2, -0.15) is 0 Å². The van der Waals surface area contributed by atoms with Crippen molar-refractivity contribution < 1.29 is 19.6 Å². The molecule has 3 rings (SSSR count). The number of nitro groups is 1. The molecule has 0 aliphatic carbocycles. The number of amides is 1. The van der Waals surface area contributed by atoms with Gasteiger partial charge < -0.3 is 10.0 Å². The topological polar surface area (TPSA) is 101 Å². The maximum atomic E-state index is 12.4. The van der Waals surface area contributed by atoms with Gasteiger partial charge >= 0.3 is 0 Å². The van der Waals surface area contributed by atoms with Crippen LogP contribution < -0.4 is 4.90 Å². The van der Waals surface area contributed by atoms with Crippen molar-refractivity contribution >= 4 is 34.4 Å². The summed E-state index contributed by atoms with van der Waals surface area (Å²) in [5.41, 5.74) is -1.88. The van der Waals surface area contributed by atoms with E-state index in [1.165, 1.54) is 35.4 Å². The number of nitrogens with zero attached hydrogens (tertiary/aromatic N) is 2. The third-order valence-corrected chi connectivity index (χ3v) is 4.78. The van der Waals surface area contributed by atoms with E-state index < -0.39 is 22.9 Å². The largest absolute Gasteiger partial charge is 0.375 e. The van der Waals surface area contributed by atoms with Gasteiger partial charge in [-0.1, -0.05) is 6.07 Å². The average molecular weight is 332 g/mol. The number of ketones is 1. The Bertz CT molecular complexity index is 817. The Morgan fingerprint density at radius 1 is 1.43 bits per heavy atom. The van der Waals surface area contributed by atoms with Crippen molar-refractivity contribution in [3.05, 3.63) is 56.3 Å². The fourth-order valence-corrected chi connectivity index (χ4v) is 3.36. The molecule has 7 nitrogen and oxygen atoms in total. The highest BCUT2D eigenvalue weighted by Gasteiger charge is 2.50. The molecule has 1 atom stereocenters. The summed E-state index contributed by atoms with van der Waals surface area (Å²) in [4.78, 5) is 36.7. The molecule has 0 bridgehead atoms. The Kier molecular flexibility index (Phi) is 3.50. The number of nitro benzene ring substituents is 1. The smallest absolute Gasteiger partial charge is 0.269 e. The quantitative estimate of drug-likeness (QED) is 0.525. The summed E-state index contributed by atoms with van der Waals surface area (Å²) in [6, 6.07) is 7.12. The predicted molar refractivity (Wildman–Crippen MR) is 83.7 cm³/mol. The summed E-state index contributed by atoms with van der Waals surface area (Å²) in [6.07, 6.45) is -0.454. The number of hydrogen-bond acceptors (Lipinski definition) is 6. The molecule has 118 valence electrons. The van der Waals surface area contributed by atoms with Gasteiger partial charge in [0.1, 0.15) is 0 Å². The Labute approximate surface area is 134 Å². The van der Waals surface area contributed by atoms with Crippen molar-refractivity contribution in [2.24, 2.45) is 0 Å². The first kappa shape index (κ1) is 15.3. The molecule has 1 aliphatic heterocycles. The van der Waals surface area contributed by atoms with E-state index in [0.29, 0.717) is 10.6 Å². The highest BCUT2D eigenvalue weighted by Crippen LogP contribution is 2.43. The molecule has 1 aromatic heterocycles. The highest BCUT2D eigenvalue weighted by molar-refractivity contribution is 7.12. The molecule has 0 fully saturated rings. The van der Waals surface area contributed by atoms with Crippen LogP contribution in [0.1, 0.15) is 21.7 Å². The Morgan fingerprint density at radius 2 is 2.17 bits per heavy atom. The van der Waals surface area contributed by atoms with Gasteiger partial charge in [-0.3, -0.25) is 19.7 Å². The van der Waals surface area contributed by atoms with E-state index in [-0.39, 0.29) is 17.0 Å². The van der Waals surface area contributed by atoms with Crippen molar-refractivity contribution in [3.8, 4) is 0 Å². The van der Waals surface area contributed by atoms with E-state index in [2.05, 4.69) is 0 Å². The lowest BCUT2D eigenvalue weighted by Gasteiger charge is -2.20. The van der Waals surface area contributed by atoms with Crippen LogP contribution in [0.15, 0.2) is 35.7 Å². The molecule has 0 spiro atoms. The minimum Gasteiger partial charge on any atom is -0.375 e. The van der Waals surface area contributed by atoms with Gasteiger partial charge in [-0.15, -0.1) is 11.3 Å². The summed E-state index contributed by atoms with van der Waals surface area (Å²) in [7, 11) is 1.46. The third-order valence-electron chi connectivity index (χ3n) is 3.87. The number of carbonyl (C=O) groups is 2. The van der Waals surface area contributed by atoms with Gasteiger partial charge in [0, 0.05) is 24.7 Å². The van der Waals surface area contributed by atoms with Gasteiger partial charge in [0.25, 0.3) is 11.6 Å². The molecule has 8 heteroatoms. The van der Waals surface area contributed by atoms with E-state index >= 15 is 0 Å². The number of rotatable bonds is 4. The number of carbonyl (C=O) groups excluding carboxylic acids is 2. The summed E-state index contributed by atoms with van der Waals surface area (Å²) >= 11 is 1.21. The zero-order valence-electron chi connectivity index (χ0n) is 12.1. The molecule has 0 saturated heterocycles. The molecular formula is C15H12N2O5S. The average Bonchev–Trinajstić information content (AvgIpc) is 3.11. The maximum Gasteiger partial charge on any atom is 0.269 e. The molecule has 0 radical (unpaired) electrons.